The van der Waals surface area contributed by atoms with Crippen LogP contribution in [0.2, 0.25) is 0 Å². The van der Waals surface area contributed by atoms with E-state index in [-0.39, 0.29) is 11.9 Å². The van der Waals surface area contributed by atoms with Gasteiger partial charge in [-0.2, -0.15) is 15.0 Å². The van der Waals surface area contributed by atoms with Gasteiger partial charge in [0.25, 0.3) is 0 Å². The molecule has 0 radical (unpaired) electrons. The second-order valence-corrected chi connectivity index (χ2v) is 9.06. The van der Waals surface area contributed by atoms with Crippen molar-refractivity contribution in [2.24, 2.45) is 0 Å². The average Bonchev–Trinajstić information content (AvgIpc) is 2.80. The lowest BCUT2D eigenvalue weighted by Crippen LogP contribution is -2.04. The molecule has 184 valence electrons. The van der Waals surface area contributed by atoms with Crippen molar-refractivity contribution in [3.05, 3.63) is 24.3 Å². The highest BCUT2D eigenvalue weighted by Gasteiger charge is 2.06. The second-order valence-electron chi connectivity index (χ2n) is 9.06. The van der Waals surface area contributed by atoms with Gasteiger partial charge >= 0.3 is 0 Å². The zero-order chi connectivity index (χ0) is 23.6. The minimum atomic E-state index is 0.122. The number of anilines is 2. The molecule has 0 saturated heterocycles. The molecule has 0 aliphatic rings. The first-order valence-corrected chi connectivity index (χ1v) is 13.2. The van der Waals surface area contributed by atoms with Gasteiger partial charge in [0, 0.05) is 5.56 Å². The van der Waals surface area contributed by atoms with Crippen molar-refractivity contribution in [2.75, 3.05) is 18.1 Å². The van der Waals surface area contributed by atoms with Crippen LogP contribution < -0.4 is 16.2 Å². The third-order valence-corrected chi connectivity index (χ3v) is 6.03. The molecule has 0 aliphatic heterocycles. The Balaban J connectivity index is 1.44. The van der Waals surface area contributed by atoms with Crippen LogP contribution in [0.15, 0.2) is 24.3 Å². The molecule has 0 atom stereocenters. The highest BCUT2D eigenvalue weighted by atomic mass is 16.5. The third-order valence-electron chi connectivity index (χ3n) is 6.03. The SMILES string of the molecule is CCCCCCCCCCCCCCCCCCOc1cccc(-c2nc(N)nc(N)n2)c1. The Kier molecular flexibility index (Phi) is 14.0. The molecule has 4 N–H and O–H groups in total. The van der Waals surface area contributed by atoms with Gasteiger partial charge in [0.1, 0.15) is 5.75 Å². The second kappa shape index (κ2) is 17.2. The molecule has 1 aromatic heterocycles. The molecule has 33 heavy (non-hydrogen) atoms. The summed E-state index contributed by atoms with van der Waals surface area (Å²) in [4.78, 5) is 12.1. The van der Waals surface area contributed by atoms with Crippen LogP contribution in [0.3, 0.4) is 0 Å². The Morgan fingerprint density at radius 3 is 1.64 bits per heavy atom. The fourth-order valence-electron chi connectivity index (χ4n) is 4.10. The summed E-state index contributed by atoms with van der Waals surface area (Å²) in [7, 11) is 0. The maximum absolute atomic E-state index is 5.91. The van der Waals surface area contributed by atoms with Crippen LogP contribution in [0.25, 0.3) is 11.4 Å². The van der Waals surface area contributed by atoms with E-state index in [1.807, 2.05) is 24.3 Å². The number of benzene rings is 1. The average molecular weight is 456 g/mol. The molecule has 0 amide bonds. The molecule has 1 aromatic carbocycles. The Morgan fingerprint density at radius 2 is 1.12 bits per heavy atom. The summed E-state index contributed by atoms with van der Waals surface area (Å²) in [5.41, 5.74) is 12.2. The summed E-state index contributed by atoms with van der Waals surface area (Å²) < 4.78 is 5.91. The van der Waals surface area contributed by atoms with Gasteiger partial charge in [-0.05, 0) is 18.6 Å². The fraction of sp³-hybridized carbons (Fsp3) is 0.667. The van der Waals surface area contributed by atoms with Gasteiger partial charge in [0.2, 0.25) is 11.9 Å². The molecule has 0 unspecified atom stereocenters. The van der Waals surface area contributed by atoms with Gasteiger partial charge in [-0.15, -0.1) is 0 Å². The number of hydrogen-bond acceptors (Lipinski definition) is 6. The topological polar surface area (TPSA) is 99.9 Å². The van der Waals surface area contributed by atoms with E-state index in [1.54, 1.807) is 0 Å². The van der Waals surface area contributed by atoms with Gasteiger partial charge < -0.3 is 16.2 Å². The van der Waals surface area contributed by atoms with E-state index < -0.39 is 0 Å². The van der Waals surface area contributed by atoms with Crippen molar-refractivity contribution in [2.45, 2.75) is 110 Å². The highest BCUT2D eigenvalue weighted by molar-refractivity contribution is 5.59. The Labute approximate surface area is 201 Å². The zero-order valence-corrected chi connectivity index (χ0v) is 20.7. The van der Waals surface area contributed by atoms with Gasteiger partial charge in [0.05, 0.1) is 6.61 Å². The first-order chi connectivity index (χ1) is 16.2. The molecule has 0 fully saturated rings. The standard InChI is InChI=1S/C27H45N5O/c1-2-3-4-5-6-7-8-9-10-11-12-13-14-15-16-17-21-33-24-20-18-19-23(22-24)25-30-26(28)32-27(29)31-25/h18-20,22H,2-17,21H2,1H3,(H4,28,29,30,31,32). The van der Waals surface area contributed by atoms with Crippen LogP contribution in [-0.2, 0) is 0 Å². The van der Waals surface area contributed by atoms with Crippen LogP contribution in [0.1, 0.15) is 110 Å². The predicted octanol–water partition coefficient (Wildman–Crippen LogP) is 7.34. The van der Waals surface area contributed by atoms with Crippen LogP contribution in [-0.4, -0.2) is 21.6 Å². The minimum Gasteiger partial charge on any atom is -0.494 e. The number of hydrogen-bond donors (Lipinski definition) is 2. The van der Waals surface area contributed by atoms with Crippen LogP contribution in [0.5, 0.6) is 5.75 Å². The summed E-state index contributed by atoms with van der Waals surface area (Å²) >= 11 is 0. The van der Waals surface area contributed by atoms with Crippen molar-refractivity contribution < 1.29 is 4.74 Å². The largest absolute Gasteiger partial charge is 0.494 e. The van der Waals surface area contributed by atoms with Crippen LogP contribution in [0, 0.1) is 0 Å². The van der Waals surface area contributed by atoms with E-state index in [0.29, 0.717) is 5.82 Å². The number of ether oxygens (including phenoxy) is 1. The molecule has 0 spiro atoms. The number of nitrogens with two attached hydrogens (primary N) is 2. The lowest BCUT2D eigenvalue weighted by atomic mass is 10.0. The van der Waals surface area contributed by atoms with E-state index in [0.717, 1.165) is 24.3 Å². The monoisotopic (exact) mass is 455 g/mol. The molecule has 0 bridgehead atoms. The quantitative estimate of drug-likeness (QED) is 0.215. The number of nitrogen functional groups attached to an aromatic ring is 2. The molecular weight excluding hydrogens is 410 g/mol. The molecule has 2 aromatic rings. The summed E-state index contributed by atoms with van der Waals surface area (Å²) in [5, 5.41) is 0. The fourth-order valence-corrected chi connectivity index (χ4v) is 4.10. The summed E-state index contributed by atoms with van der Waals surface area (Å²) in [6.45, 7) is 3.01. The summed E-state index contributed by atoms with van der Waals surface area (Å²) in [6.07, 6.45) is 21.9. The van der Waals surface area contributed by atoms with Crippen molar-refractivity contribution in [1.29, 1.82) is 0 Å². The first-order valence-electron chi connectivity index (χ1n) is 13.2. The van der Waals surface area contributed by atoms with E-state index in [1.165, 1.54) is 96.3 Å². The van der Waals surface area contributed by atoms with Gasteiger partial charge in [-0.1, -0.05) is 115 Å². The van der Waals surface area contributed by atoms with Crippen molar-refractivity contribution in [3.63, 3.8) is 0 Å². The number of aromatic nitrogens is 3. The van der Waals surface area contributed by atoms with Gasteiger partial charge in [-0.25, -0.2) is 0 Å². The number of unbranched alkanes of at least 4 members (excludes halogenated alkanes) is 15. The van der Waals surface area contributed by atoms with Gasteiger partial charge in [-0.3, -0.25) is 0 Å². The normalized spacial score (nSPS) is 11.1. The summed E-state index contributed by atoms with van der Waals surface area (Å²) in [6, 6.07) is 7.70. The van der Waals surface area contributed by atoms with Crippen molar-refractivity contribution >= 4 is 11.9 Å². The van der Waals surface area contributed by atoms with Crippen molar-refractivity contribution in [3.8, 4) is 17.1 Å². The lowest BCUT2D eigenvalue weighted by molar-refractivity contribution is 0.304. The molecule has 0 saturated carbocycles. The summed E-state index contributed by atoms with van der Waals surface area (Å²) in [5.74, 6) is 1.52. The van der Waals surface area contributed by atoms with Crippen LogP contribution >= 0.6 is 0 Å². The van der Waals surface area contributed by atoms with E-state index in [9.17, 15) is 0 Å². The molecule has 6 heteroatoms. The van der Waals surface area contributed by atoms with Crippen LogP contribution in [0.4, 0.5) is 11.9 Å². The Bertz CT molecular complexity index is 748. The van der Waals surface area contributed by atoms with E-state index in [4.69, 9.17) is 16.2 Å². The maximum atomic E-state index is 5.91. The molecule has 6 nitrogen and oxygen atoms in total. The smallest absolute Gasteiger partial charge is 0.225 e. The molecule has 1 heterocycles. The maximum Gasteiger partial charge on any atom is 0.225 e. The highest BCUT2D eigenvalue weighted by Crippen LogP contribution is 2.22. The first kappa shape index (κ1) is 26.9. The predicted molar refractivity (Wildman–Crippen MR) is 139 cm³/mol. The molecule has 0 aliphatic carbocycles. The Morgan fingerprint density at radius 1 is 0.636 bits per heavy atom. The molecular formula is C27H45N5O. The number of rotatable bonds is 19. The number of nitrogens with zero attached hydrogens (tertiary/aromatic N) is 3. The van der Waals surface area contributed by atoms with Gasteiger partial charge in [0.15, 0.2) is 5.82 Å². The van der Waals surface area contributed by atoms with Crippen molar-refractivity contribution in [1.82, 2.24) is 15.0 Å². The van der Waals surface area contributed by atoms with E-state index in [2.05, 4.69) is 21.9 Å². The zero-order valence-electron chi connectivity index (χ0n) is 20.7. The Hall–Kier alpha value is -2.37. The molecule has 2 rings (SSSR count). The third kappa shape index (κ3) is 12.4. The minimum absolute atomic E-state index is 0.122. The lowest BCUT2D eigenvalue weighted by Gasteiger charge is -2.08. The van der Waals surface area contributed by atoms with E-state index >= 15 is 0 Å².